The van der Waals surface area contributed by atoms with Crippen molar-refractivity contribution in [2.45, 2.75) is 11.3 Å². The molecule has 1 heterocycles. The van der Waals surface area contributed by atoms with Gasteiger partial charge in [0, 0.05) is 12.5 Å². The molecule has 21 heavy (non-hydrogen) atoms. The van der Waals surface area contributed by atoms with Gasteiger partial charge in [0.05, 0.1) is 12.9 Å². The Hall–Kier alpha value is -1.93. The fourth-order valence-electron chi connectivity index (χ4n) is 1.48. The van der Waals surface area contributed by atoms with Gasteiger partial charge in [-0.3, -0.25) is 9.59 Å². The Morgan fingerprint density at radius 1 is 1.38 bits per heavy atom. The third-order valence-corrected chi connectivity index (χ3v) is 4.38. The van der Waals surface area contributed by atoms with Gasteiger partial charge < -0.3 is 10.1 Å². The van der Waals surface area contributed by atoms with E-state index in [1.807, 2.05) is 0 Å². The van der Waals surface area contributed by atoms with Crippen molar-refractivity contribution in [1.29, 1.82) is 0 Å². The number of methoxy groups -OCH3 is 1. The van der Waals surface area contributed by atoms with Crippen molar-refractivity contribution in [3.63, 3.8) is 0 Å². The van der Waals surface area contributed by atoms with Crippen molar-refractivity contribution in [3.8, 4) is 5.75 Å². The van der Waals surface area contributed by atoms with Gasteiger partial charge in [-0.05, 0) is 12.1 Å². The lowest BCUT2D eigenvalue weighted by Crippen LogP contribution is -2.04. The van der Waals surface area contributed by atoms with Crippen molar-refractivity contribution >= 4 is 39.9 Å². The van der Waals surface area contributed by atoms with Crippen molar-refractivity contribution in [1.82, 2.24) is 10.2 Å². The quantitative estimate of drug-likeness (QED) is 0.500. The third-order valence-electron chi connectivity index (χ3n) is 2.41. The molecule has 0 aliphatic carbocycles. The maximum Gasteiger partial charge on any atom is 0.223 e. The van der Waals surface area contributed by atoms with E-state index in [0.717, 1.165) is 0 Å². The number of ether oxygens (including phenoxy) is 1. The van der Waals surface area contributed by atoms with Gasteiger partial charge >= 0.3 is 0 Å². The Morgan fingerprint density at radius 2 is 2.19 bits per heavy atom. The van der Waals surface area contributed by atoms with Crippen LogP contribution in [0.1, 0.15) is 17.3 Å². The van der Waals surface area contributed by atoms with Gasteiger partial charge in [0.15, 0.2) is 10.1 Å². The molecule has 6 nitrogen and oxygen atoms in total. The minimum absolute atomic E-state index is 0.0184. The molecule has 0 saturated heterocycles. The van der Waals surface area contributed by atoms with Crippen LogP contribution in [0.3, 0.4) is 0 Å². The molecule has 1 aromatic heterocycles. The molecule has 2 rings (SSSR count). The number of rotatable bonds is 6. The Bertz CT molecular complexity index is 658. The van der Waals surface area contributed by atoms with Crippen molar-refractivity contribution in [2.24, 2.45) is 0 Å². The van der Waals surface area contributed by atoms with E-state index in [9.17, 15) is 9.59 Å². The number of nitrogens with one attached hydrogen (secondary N) is 1. The molecule has 0 fully saturated rings. The van der Waals surface area contributed by atoms with E-state index in [4.69, 9.17) is 4.74 Å². The number of carbonyl (C=O) groups is 2. The molecule has 110 valence electrons. The van der Waals surface area contributed by atoms with E-state index in [1.165, 1.54) is 30.0 Å². The minimum Gasteiger partial charge on any atom is -0.497 e. The highest BCUT2D eigenvalue weighted by molar-refractivity contribution is 8.01. The standard InChI is InChI=1S/C13H13N3O3S2/c1-8(17)14-12-15-16-13(21-12)20-7-11(18)9-4-3-5-10(6-9)19-2/h3-6H,7H2,1-2H3,(H,14,15,17). The second-order valence-electron chi connectivity index (χ2n) is 4.00. The third kappa shape index (κ3) is 4.54. The molecular formula is C13H13N3O3S2. The van der Waals surface area contributed by atoms with Gasteiger partial charge in [-0.15, -0.1) is 10.2 Å². The lowest BCUT2D eigenvalue weighted by molar-refractivity contribution is -0.114. The van der Waals surface area contributed by atoms with Crippen LogP contribution in [0.4, 0.5) is 5.13 Å². The molecule has 0 aliphatic heterocycles. The van der Waals surface area contributed by atoms with Gasteiger partial charge in [-0.25, -0.2) is 0 Å². The lowest BCUT2D eigenvalue weighted by Gasteiger charge is -2.02. The first-order chi connectivity index (χ1) is 10.1. The summed E-state index contributed by atoms with van der Waals surface area (Å²) in [5.74, 6) is 0.682. The van der Waals surface area contributed by atoms with Crippen LogP contribution < -0.4 is 10.1 Å². The van der Waals surface area contributed by atoms with E-state index in [0.29, 0.717) is 20.8 Å². The fourth-order valence-corrected chi connectivity index (χ4v) is 3.17. The molecule has 0 radical (unpaired) electrons. The predicted octanol–water partition coefficient (Wildman–Crippen LogP) is 2.48. The van der Waals surface area contributed by atoms with Crippen LogP contribution in [0, 0.1) is 0 Å². The SMILES string of the molecule is COc1cccc(C(=O)CSc2nnc(NC(C)=O)s2)c1. The summed E-state index contributed by atoms with van der Waals surface area (Å²) in [6, 6.07) is 7.00. The zero-order valence-corrected chi connectivity index (χ0v) is 13.1. The summed E-state index contributed by atoms with van der Waals surface area (Å²) in [6.45, 7) is 1.40. The van der Waals surface area contributed by atoms with Crippen molar-refractivity contribution in [3.05, 3.63) is 29.8 Å². The summed E-state index contributed by atoms with van der Waals surface area (Å²) in [7, 11) is 1.56. The second kappa shape index (κ2) is 7.19. The molecule has 0 bridgehead atoms. The largest absolute Gasteiger partial charge is 0.497 e. The van der Waals surface area contributed by atoms with Crippen LogP contribution in [-0.4, -0.2) is 34.8 Å². The molecule has 0 spiro atoms. The first kappa shape index (κ1) is 15.5. The first-order valence-corrected chi connectivity index (χ1v) is 7.80. The topological polar surface area (TPSA) is 81.2 Å². The number of hydrogen-bond acceptors (Lipinski definition) is 7. The van der Waals surface area contributed by atoms with Crippen LogP contribution in [0.15, 0.2) is 28.6 Å². The van der Waals surface area contributed by atoms with Crippen LogP contribution >= 0.6 is 23.1 Å². The highest BCUT2D eigenvalue weighted by Crippen LogP contribution is 2.26. The highest BCUT2D eigenvalue weighted by Gasteiger charge is 2.11. The number of nitrogens with zero attached hydrogens (tertiary/aromatic N) is 2. The van der Waals surface area contributed by atoms with Gasteiger partial charge in [0.1, 0.15) is 5.75 Å². The van der Waals surface area contributed by atoms with Crippen molar-refractivity contribution in [2.75, 3.05) is 18.2 Å². The zero-order valence-electron chi connectivity index (χ0n) is 11.5. The Morgan fingerprint density at radius 3 is 2.90 bits per heavy atom. The number of amides is 1. The molecule has 2 aromatic rings. The normalized spacial score (nSPS) is 10.2. The molecule has 0 aliphatic rings. The number of anilines is 1. The maximum absolute atomic E-state index is 12.1. The second-order valence-corrected chi connectivity index (χ2v) is 6.20. The summed E-state index contributed by atoms with van der Waals surface area (Å²) >= 11 is 2.53. The predicted molar refractivity (Wildman–Crippen MR) is 82.3 cm³/mol. The van der Waals surface area contributed by atoms with Crippen LogP contribution in [0.5, 0.6) is 5.75 Å². The van der Waals surface area contributed by atoms with Gasteiger partial charge in [0.25, 0.3) is 0 Å². The molecule has 0 atom stereocenters. The van der Waals surface area contributed by atoms with Gasteiger partial charge in [0.2, 0.25) is 11.0 Å². The smallest absolute Gasteiger partial charge is 0.223 e. The number of hydrogen-bond donors (Lipinski definition) is 1. The summed E-state index contributed by atoms with van der Waals surface area (Å²) in [4.78, 5) is 23.0. The van der Waals surface area contributed by atoms with Crippen molar-refractivity contribution < 1.29 is 14.3 Å². The summed E-state index contributed by atoms with van der Waals surface area (Å²) in [5.41, 5.74) is 0.591. The molecule has 8 heteroatoms. The fraction of sp³-hybridized carbons (Fsp3) is 0.231. The summed E-state index contributed by atoms with van der Waals surface area (Å²) in [5, 5.41) is 10.7. The van der Waals surface area contributed by atoms with Crippen LogP contribution in [0.2, 0.25) is 0 Å². The summed E-state index contributed by atoms with van der Waals surface area (Å²) < 4.78 is 5.72. The Kier molecular flexibility index (Phi) is 5.29. The molecule has 0 unspecified atom stereocenters. The van der Waals surface area contributed by atoms with E-state index >= 15 is 0 Å². The number of aromatic nitrogens is 2. The number of ketones is 1. The molecule has 1 amide bonds. The van der Waals surface area contributed by atoms with E-state index in [1.54, 1.807) is 31.4 Å². The monoisotopic (exact) mass is 323 g/mol. The highest BCUT2D eigenvalue weighted by atomic mass is 32.2. The Labute approximate surface area is 129 Å². The van der Waals surface area contributed by atoms with E-state index in [2.05, 4.69) is 15.5 Å². The maximum atomic E-state index is 12.1. The number of carbonyl (C=O) groups excluding carboxylic acids is 2. The number of benzene rings is 1. The van der Waals surface area contributed by atoms with E-state index in [-0.39, 0.29) is 17.4 Å². The zero-order chi connectivity index (χ0) is 15.2. The minimum atomic E-state index is -0.199. The van der Waals surface area contributed by atoms with E-state index < -0.39 is 0 Å². The molecule has 1 aromatic carbocycles. The lowest BCUT2D eigenvalue weighted by atomic mass is 10.1. The van der Waals surface area contributed by atoms with Crippen LogP contribution in [-0.2, 0) is 4.79 Å². The van der Waals surface area contributed by atoms with Crippen LogP contribution in [0.25, 0.3) is 0 Å². The first-order valence-electron chi connectivity index (χ1n) is 5.99. The Balaban J connectivity index is 1.94. The molecule has 0 saturated carbocycles. The number of Topliss-reactive ketones (excluding diaryl/α,β-unsaturated/α-hetero) is 1. The number of thioether (sulfide) groups is 1. The molecule has 1 N–H and O–H groups in total. The average Bonchev–Trinajstić information content (AvgIpc) is 2.91. The summed E-state index contributed by atoms with van der Waals surface area (Å²) in [6.07, 6.45) is 0. The van der Waals surface area contributed by atoms with Gasteiger partial charge in [-0.2, -0.15) is 0 Å². The van der Waals surface area contributed by atoms with Gasteiger partial charge in [-0.1, -0.05) is 35.2 Å². The average molecular weight is 323 g/mol. The molecular weight excluding hydrogens is 310 g/mol.